The molecule has 1 unspecified atom stereocenters. The van der Waals surface area contributed by atoms with Crippen molar-refractivity contribution in [3.8, 4) is 11.5 Å². The van der Waals surface area contributed by atoms with E-state index in [0.29, 0.717) is 31.1 Å². The van der Waals surface area contributed by atoms with Gasteiger partial charge in [0, 0.05) is 17.9 Å². The fourth-order valence-corrected chi connectivity index (χ4v) is 2.57. The Hall–Kier alpha value is -1.27. The van der Waals surface area contributed by atoms with E-state index in [1.807, 2.05) is 18.2 Å². The van der Waals surface area contributed by atoms with E-state index in [1.165, 1.54) is 6.26 Å². The molecule has 100 valence electrons. The molecule has 0 spiro atoms. The van der Waals surface area contributed by atoms with Gasteiger partial charge in [-0.25, -0.2) is 8.42 Å². The van der Waals surface area contributed by atoms with E-state index in [4.69, 9.17) is 15.2 Å². The normalized spacial score (nSPS) is 16.3. The van der Waals surface area contributed by atoms with Crippen molar-refractivity contribution in [2.24, 2.45) is 5.73 Å². The van der Waals surface area contributed by atoms with Crippen molar-refractivity contribution in [2.45, 2.75) is 12.5 Å². The van der Waals surface area contributed by atoms with Crippen LogP contribution in [-0.4, -0.2) is 33.6 Å². The van der Waals surface area contributed by atoms with Crippen molar-refractivity contribution in [3.63, 3.8) is 0 Å². The molecule has 0 aliphatic carbocycles. The molecular weight excluding hydrogens is 254 g/mol. The van der Waals surface area contributed by atoms with E-state index in [1.54, 1.807) is 0 Å². The van der Waals surface area contributed by atoms with Gasteiger partial charge in [0.2, 0.25) is 0 Å². The minimum Gasteiger partial charge on any atom is -0.486 e. The van der Waals surface area contributed by atoms with E-state index in [2.05, 4.69) is 0 Å². The zero-order chi connectivity index (χ0) is 13.2. The number of rotatable bonds is 4. The average molecular weight is 271 g/mol. The third-order valence-corrected chi connectivity index (χ3v) is 3.77. The molecule has 5 nitrogen and oxygen atoms in total. The first-order chi connectivity index (χ1) is 8.47. The highest BCUT2D eigenvalue weighted by atomic mass is 32.2. The predicted molar refractivity (Wildman–Crippen MR) is 68.7 cm³/mol. The third kappa shape index (κ3) is 3.14. The van der Waals surface area contributed by atoms with Gasteiger partial charge in [-0.15, -0.1) is 0 Å². The van der Waals surface area contributed by atoms with Gasteiger partial charge in [0.05, 0.1) is 5.75 Å². The summed E-state index contributed by atoms with van der Waals surface area (Å²) >= 11 is 0. The lowest BCUT2D eigenvalue weighted by Crippen LogP contribution is -2.21. The van der Waals surface area contributed by atoms with Gasteiger partial charge >= 0.3 is 0 Å². The zero-order valence-corrected chi connectivity index (χ0v) is 11.1. The van der Waals surface area contributed by atoms with Crippen molar-refractivity contribution in [3.05, 3.63) is 23.8 Å². The van der Waals surface area contributed by atoms with Crippen LogP contribution in [0.5, 0.6) is 11.5 Å². The van der Waals surface area contributed by atoms with Crippen LogP contribution in [0.4, 0.5) is 0 Å². The number of sulfone groups is 1. The Labute approximate surface area is 107 Å². The van der Waals surface area contributed by atoms with Gasteiger partial charge in [-0.3, -0.25) is 0 Å². The summed E-state index contributed by atoms with van der Waals surface area (Å²) in [5, 5.41) is 0. The quantitative estimate of drug-likeness (QED) is 0.880. The van der Waals surface area contributed by atoms with Crippen LogP contribution >= 0.6 is 0 Å². The maximum atomic E-state index is 11.1. The molecular formula is C12H17NO4S. The summed E-state index contributed by atoms with van der Waals surface area (Å²) in [6.07, 6.45) is 1.58. The van der Waals surface area contributed by atoms with E-state index < -0.39 is 9.84 Å². The zero-order valence-electron chi connectivity index (χ0n) is 10.3. The molecule has 0 fully saturated rings. The van der Waals surface area contributed by atoms with Crippen LogP contribution in [0.3, 0.4) is 0 Å². The lowest BCUT2D eigenvalue weighted by molar-refractivity contribution is 0.169. The molecule has 0 aromatic heterocycles. The summed E-state index contributed by atoms with van der Waals surface area (Å²) in [4.78, 5) is 0. The highest BCUT2D eigenvalue weighted by molar-refractivity contribution is 7.90. The molecule has 2 N–H and O–H groups in total. The topological polar surface area (TPSA) is 78.6 Å². The van der Waals surface area contributed by atoms with Crippen LogP contribution in [0.25, 0.3) is 0 Å². The highest BCUT2D eigenvalue weighted by Gasteiger charge is 2.20. The van der Waals surface area contributed by atoms with E-state index >= 15 is 0 Å². The first-order valence-electron chi connectivity index (χ1n) is 5.79. The predicted octanol–water partition coefficient (Wildman–Crippen LogP) is 0.892. The lowest BCUT2D eigenvalue weighted by atomic mass is 10.0. The smallest absolute Gasteiger partial charge is 0.166 e. The highest BCUT2D eigenvalue weighted by Crippen LogP contribution is 2.37. The second-order valence-corrected chi connectivity index (χ2v) is 6.66. The standard InChI is InChI=1S/C12H17NO4S/c1-18(14,15)8-5-10(13)9-3-2-4-11-12(9)17-7-6-16-11/h2-4,10H,5-8,13H2,1H3. The molecule has 1 heterocycles. The van der Waals surface area contributed by atoms with Crippen LogP contribution < -0.4 is 15.2 Å². The summed E-state index contributed by atoms with van der Waals surface area (Å²) in [7, 11) is -3.00. The van der Waals surface area contributed by atoms with E-state index in [9.17, 15) is 8.42 Å². The Morgan fingerprint density at radius 2 is 2.06 bits per heavy atom. The molecule has 0 radical (unpaired) electrons. The Kier molecular flexibility index (Phi) is 3.77. The molecule has 1 aliphatic rings. The van der Waals surface area contributed by atoms with Crippen LogP contribution in [0.1, 0.15) is 18.0 Å². The average Bonchev–Trinajstić information content (AvgIpc) is 2.34. The number of hydrogen-bond acceptors (Lipinski definition) is 5. The summed E-state index contributed by atoms with van der Waals surface area (Å²) in [6.45, 7) is 1.01. The van der Waals surface area contributed by atoms with Gasteiger partial charge in [-0.05, 0) is 12.5 Å². The minimum absolute atomic E-state index is 0.0681. The molecule has 0 bridgehead atoms. The van der Waals surface area contributed by atoms with E-state index in [0.717, 1.165) is 5.56 Å². The van der Waals surface area contributed by atoms with Crippen LogP contribution in [0, 0.1) is 0 Å². The Morgan fingerprint density at radius 3 is 2.78 bits per heavy atom. The van der Waals surface area contributed by atoms with Gasteiger partial charge in [0.1, 0.15) is 23.1 Å². The van der Waals surface area contributed by atoms with Crippen molar-refractivity contribution in [1.29, 1.82) is 0 Å². The largest absolute Gasteiger partial charge is 0.486 e. The van der Waals surface area contributed by atoms with Crippen molar-refractivity contribution >= 4 is 9.84 Å². The number of ether oxygens (including phenoxy) is 2. The van der Waals surface area contributed by atoms with Crippen LogP contribution in [0.15, 0.2) is 18.2 Å². The number of hydrogen-bond donors (Lipinski definition) is 1. The fraction of sp³-hybridized carbons (Fsp3) is 0.500. The molecule has 1 aliphatic heterocycles. The second kappa shape index (κ2) is 5.16. The minimum atomic E-state index is -3.00. The monoisotopic (exact) mass is 271 g/mol. The summed E-state index contributed by atoms with van der Waals surface area (Å²) in [6, 6.07) is 5.14. The van der Waals surface area contributed by atoms with Gasteiger partial charge in [-0.2, -0.15) is 0 Å². The van der Waals surface area contributed by atoms with Gasteiger partial charge in [0.15, 0.2) is 11.5 Å². The molecule has 0 amide bonds. The maximum absolute atomic E-state index is 11.1. The maximum Gasteiger partial charge on any atom is 0.166 e. The summed E-state index contributed by atoms with van der Waals surface area (Å²) in [5.41, 5.74) is 6.83. The number of para-hydroxylation sites is 1. The van der Waals surface area contributed by atoms with E-state index in [-0.39, 0.29) is 11.8 Å². The third-order valence-electron chi connectivity index (χ3n) is 2.80. The first-order valence-corrected chi connectivity index (χ1v) is 7.85. The summed E-state index contributed by atoms with van der Waals surface area (Å²) < 4.78 is 33.3. The number of benzene rings is 1. The molecule has 1 atom stereocenters. The lowest BCUT2D eigenvalue weighted by Gasteiger charge is -2.23. The molecule has 6 heteroatoms. The summed E-state index contributed by atoms with van der Waals surface area (Å²) in [5.74, 6) is 1.39. The van der Waals surface area contributed by atoms with Crippen molar-refractivity contribution < 1.29 is 17.9 Å². The Bertz CT molecular complexity index is 527. The number of fused-ring (bicyclic) bond motifs is 1. The van der Waals surface area contributed by atoms with Crippen LogP contribution in [-0.2, 0) is 9.84 Å². The second-order valence-electron chi connectivity index (χ2n) is 4.40. The Balaban J connectivity index is 2.17. The first kappa shape index (κ1) is 13.2. The fourth-order valence-electron chi connectivity index (χ4n) is 1.88. The molecule has 1 aromatic rings. The van der Waals surface area contributed by atoms with Crippen molar-refractivity contribution in [2.75, 3.05) is 25.2 Å². The molecule has 1 aromatic carbocycles. The molecule has 0 saturated carbocycles. The molecule has 2 rings (SSSR count). The SMILES string of the molecule is CS(=O)(=O)CCC(N)c1cccc2c1OCCO2. The molecule has 0 saturated heterocycles. The van der Waals surface area contributed by atoms with Gasteiger partial charge in [0.25, 0.3) is 0 Å². The van der Waals surface area contributed by atoms with Crippen molar-refractivity contribution in [1.82, 2.24) is 0 Å². The Morgan fingerprint density at radius 1 is 1.33 bits per heavy atom. The van der Waals surface area contributed by atoms with Gasteiger partial charge in [-0.1, -0.05) is 12.1 Å². The van der Waals surface area contributed by atoms with Gasteiger partial charge < -0.3 is 15.2 Å². The van der Waals surface area contributed by atoms with Crippen LogP contribution in [0.2, 0.25) is 0 Å². The number of nitrogens with two attached hydrogens (primary N) is 1. The molecule has 18 heavy (non-hydrogen) atoms.